The first kappa shape index (κ1) is 15.1. The third kappa shape index (κ3) is 3.23. The molecule has 1 aromatic carbocycles. The summed E-state index contributed by atoms with van der Waals surface area (Å²) in [5, 5.41) is 9.73. The highest BCUT2D eigenvalue weighted by Crippen LogP contribution is 2.28. The van der Waals surface area contributed by atoms with Gasteiger partial charge in [-0.3, -0.25) is 4.79 Å². The fourth-order valence-corrected chi connectivity index (χ4v) is 3.28. The summed E-state index contributed by atoms with van der Waals surface area (Å²) >= 11 is 0. The average molecular weight is 323 g/mol. The Labute approximate surface area is 141 Å². The van der Waals surface area contributed by atoms with Gasteiger partial charge in [0.05, 0.1) is 5.69 Å². The fraction of sp³-hybridized carbons (Fsp3) is 0.389. The molecule has 0 saturated carbocycles. The lowest BCUT2D eigenvalue weighted by Crippen LogP contribution is -2.38. The highest BCUT2D eigenvalue weighted by Gasteiger charge is 2.16. The Balaban J connectivity index is 1.56. The van der Waals surface area contributed by atoms with Crippen molar-refractivity contribution in [1.29, 1.82) is 0 Å². The van der Waals surface area contributed by atoms with E-state index in [0.717, 1.165) is 42.9 Å². The van der Waals surface area contributed by atoms with Crippen molar-refractivity contribution in [3.8, 4) is 11.3 Å². The van der Waals surface area contributed by atoms with Gasteiger partial charge in [-0.1, -0.05) is 12.1 Å². The van der Waals surface area contributed by atoms with Crippen molar-refractivity contribution < 1.29 is 4.79 Å². The number of anilines is 2. The van der Waals surface area contributed by atoms with Gasteiger partial charge < -0.3 is 16.0 Å². The van der Waals surface area contributed by atoms with E-state index in [2.05, 4.69) is 38.1 Å². The molecule has 1 atom stereocenters. The van der Waals surface area contributed by atoms with Crippen LogP contribution in [-0.2, 0) is 11.2 Å². The second-order valence-electron chi connectivity index (χ2n) is 6.37. The molecule has 0 bridgehead atoms. The number of carbonyl (C=O) groups is 1. The molecule has 1 amide bonds. The van der Waals surface area contributed by atoms with Gasteiger partial charge in [0.1, 0.15) is 0 Å². The molecule has 6 nitrogen and oxygen atoms in total. The predicted molar refractivity (Wildman–Crippen MR) is 93.9 cm³/mol. The number of rotatable bonds is 3. The summed E-state index contributed by atoms with van der Waals surface area (Å²) in [4.78, 5) is 20.6. The summed E-state index contributed by atoms with van der Waals surface area (Å²) in [6.07, 6.45) is 5.43. The lowest BCUT2D eigenvalue weighted by atomic mass is 10.00. The van der Waals surface area contributed by atoms with Gasteiger partial charge in [0, 0.05) is 36.5 Å². The maximum Gasteiger partial charge on any atom is 0.224 e. The summed E-state index contributed by atoms with van der Waals surface area (Å²) in [5.74, 6) is 0.734. The standard InChI is InChI=1S/C18H21N5O/c24-17-6-5-12-3-4-13(10-16(12)22-17)15-7-9-20-18(23-15)21-14-2-1-8-19-11-14/h3-4,7,9-10,14,19H,1-2,5-6,8,11H2,(H,22,24)(H,20,21,23). The van der Waals surface area contributed by atoms with Gasteiger partial charge in [-0.2, -0.15) is 0 Å². The molecular formula is C18H21N5O. The lowest BCUT2D eigenvalue weighted by Gasteiger charge is -2.23. The van der Waals surface area contributed by atoms with E-state index in [-0.39, 0.29) is 5.91 Å². The van der Waals surface area contributed by atoms with E-state index in [0.29, 0.717) is 18.4 Å². The summed E-state index contributed by atoms with van der Waals surface area (Å²) < 4.78 is 0. The molecule has 24 heavy (non-hydrogen) atoms. The van der Waals surface area contributed by atoms with Gasteiger partial charge in [-0.15, -0.1) is 0 Å². The first-order chi connectivity index (χ1) is 11.8. The van der Waals surface area contributed by atoms with Crippen molar-refractivity contribution in [2.45, 2.75) is 31.7 Å². The van der Waals surface area contributed by atoms with Crippen LogP contribution in [0.1, 0.15) is 24.8 Å². The monoisotopic (exact) mass is 323 g/mol. The minimum absolute atomic E-state index is 0.0782. The van der Waals surface area contributed by atoms with Crippen molar-refractivity contribution in [3.63, 3.8) is 0 Å². The first-order valence-electron chi connectivity index (χ1n) is 8.51. The van der Waals surface area contributed by atoms with Gasteiger partial charge in [-0.05, 0) is 43.5 Å². The molecule has 0 radical (unpaired) electrons. The van der Waals surface area contributed by atoms with Gasteiger partial charge in [-0.25, -0.2) is 9.97 Å². The summed E-state index contributed by atoms with van der Waals surface area (Å²) in [7, 11) is 0. The van der Waals surface area contributed by atoms with E-state index in [1.54, 1.807) is 6.20 Å². The van der Waals surface area contributed by atoms with Gasteiger partial charge >= 0.3 is 0 Å². The molecule has 0 aliphatic carbocycles. The average Bonchev–Trinajstić information content (AvgIpc) is 2.62. The van der Waals surface area contributed by atoms with Crippen LogP contribution < -0.4 is 16.0 Å². The largest absolute Gasteiger partial charge is 0.350 e. The number of fused-ring (bicyclic) bond motifs is 1. The van der Waals surface area contributed by atoms with Crippen LogP contribution in [0.3, 0.4) is 0 Å². The van der Waals surface area contributed by atoms with Crippen LogP contribution in [0.15, 0.2) is 30.5 Å². The van der Waals surface area contributed by atoms with Gasteiger partial charge in [0.15, 0.2) is 0 Å². The first-order valence-corrected chi connectivity index (χ1v) is 8.51. The topological polar surface area (TPSA) is 78.9 Å². The van der Waals surface area contributed by atoms with Crippen molar-refractivity contribution >= 4 is 17.5 Å². The predicted octanol–water partition coefficient (Wildman–Crippen LogP) is 2.19. The zero-order valence-corrected chi connectivity index (χ0v) is 13.5. The molecule has 1 saturated heterocycles. The molecular weight excluding hydrogens is 302 g/mol. The molecule has 2 aromatic rings. The quantitative estimate of drug-likeness (QED) is 0.807. The number of piperidine rings is 1. The highest BCUT2D eigenvalue weighted by molar-refractivity contribution is 5.94. The maximum absolute atomic E-state index is 11.6. The van der Waals surface area contributed by atoms with Crippen LogP contribution in [0.25, 0.3) is 11.3 Å². The summed E-state index contributed by atoms with van der Waals surface area (Å²) in [5.41, 5.74) is 3.93. The van der Waals surface area contributed by atoms with E-state index in [1.165, 1.54) is 12.0 Å². The number of nitrogens with one attached hydrogen (secondary N) is 3. The van der Waals surface area contributed by atoms with E-state index in [9.17, 15) is 4.79 Å². The number of hydrogen-bond acceptors (Lipinski definition) is 5. The molecule has 3 N–H and O–H groups in total. The van der Waals surface area contributed by atoms with Crippen LogP contribution in [0.2, 0.25) is 0 Å². The number of aryl methyl sites for hydroxylation is 1. The van der Waals surface area contributed by atoms with Crippen LogP contribution in [0.4, 0.5) is 11.6 Å². The molecule has 124 valence electrons. The number of amides is 1. The third-order valence-corrected chi connectivity index (χ3v) is 4.59. The molecule has 6 heteroatoms. The molecule has 1 unspecified atom stereocenters. The van der Waals surface area contributed by atoms with Gasteiger partial charge in [0.25, 0.3) is 0 Å². The second-order valence-corrected chi connectivity index (χ2v) is 6.37. The molecule has 3 heterocycles. The number of nitrogens with zero attached hydrogens (tertiary/aromatic N) is 2. The maximum atomic E-state index is 11.6. The smallest absolute Gasteiger partial charge is 0.224 e. The normalized spacial score (nSPS) is 20.2. The van der Waals surface area contributed by atoms with Crippen LogP contribution in [0, 0.1) is 0 Å². The van der Waals surface area contributed by atoms with Crippen LogP contribution in [0.5, 0.6) is 0 Å². The van der Waals surface area contributed by atoms with E-state index < -0.39 is 0 Å². The third-order valence-electron chi connectivity index (χ3n) is 4.59. The molecule has 1 fully saturated rings. The molecule has 2 aliphatic heterocycles. The SMILES string of the molecule is O=C1CCc2ccc(-c3ccnc(NC4CCCNC4)n3)cc2N1. The Bertz CT molecular complexity index is 755. The number of aromatic nitrogens is 2. The Morgan fingerprint density at radius 2 is 2.17 bits per heavy atom. The Hall–Kier alpha value is -2.47. The summed E-state index contributed by atoms with van der Waals surface area (Å²) in [6.45, 7) is 2.03. The van der Waals surface area contributed by atoms with Crippen molar-refractivity contribution in [3.05, 3.63) is 36.0 Å². The Morgan fingerprint density at radius 1 is 1.21 bits per heavy atom. The van der Waals surface area contributed by atoms with E-state index >= 15 is 0 Å². The van der Waals surface area contributed by atoms with E-state index in [4.69, 9.17) is 0 Å². The van der Waals surface area contributed by atoms with Gasteiger partial charge in [0.2, 0.25) is 11.9 Å². The van der Waals surface area contributed by atoms with Crippen LogP contribution in [-0.4, -0.2) is 35.0 Å². The zero-order chi connectivity index (χ0) is 16.4. The second kappa shape index (κ2) is 6.57. The van der Waals surface area contributed by atoms with Crippen molar-refractivity contribution in [2.75, 3.05) is 23.7 Å². The highest BCUT2D eigenvalue weighted by atomic mass is 16.1. The number of carbonyl (C=O) groups excluding carboxylic acids is 1. The molecule has 1 aromatic heterocycles. The number of benzene rings is 1. The van der Waals surface area contributed by atoms with E-state index in [1.807, 2.05) is 12.1 Å². The lowest BCUT2D eigenvalue weighted by molar-refractivity contribution is -0.116. The summed E-state index contributed by atoms with van der Waals surface area (Å²) in [6, 6.07) is 8.41. The molecule has 4 rings (SSSR count). The number of hydrogen-bond donors (Lipinski definition) is 3. The Morgan fingerprint density at radius 3 is 3.04 bits per heavy atom. The molecule has 2 aliphatic rings. The minimum atomic E-state index is 0.0782. The Kier molecular flexibility index (Phi) is 4.13. The van der Waals surface area contributed by atoms with Crippen molar-refractivity contribution in [2.24, 2.45) is 0 Å². The van der Waals surface area contributed by atoms with Crippen molar-refractivity contribution in [1.82, 2.24) is 15.3 Å². The molecule has 0 spiro atoms. The minimum Gasteiger partial charge on any atom is -0.350 e. The zero-order valence-electron chi connectivity index (χ0n) is 13.5. The fourth-order valence-electron chi connectivity index (χ4n) is 3.28. The van der Waals surface area contributed by atoms with Crippen LogP contribution >= 0.6 is 0 Å².